The summed E-state index contributed by atoms with van der Waals surface area (Å²) >= 11 is 0. The molecule has 0 bridgehead atoms. The third-order valence-corrected chi connectivity index (χ3v) is 2.80. The van der Waals surface area contributed by atoms with E-state index in [1.165, 1.54) is 5.39 Å². The van der Waals surface area contributed by atoms with Crippen molar-refractivity contribution in [1.29, 1.82) is 0 Å². The van der Waals surface area contributed by atoms with Gasteiger partial charge in [-0.1, -0.05) is 12.1 Å². The number of aromatic nitrogens is 1. The summed E-state index contributed by atoms with van der Waals surface area (Å²) in [4.78, 5) is 0. The van der Waals surface area contributed by atoms with Gasteiger partial charge >= 0.3 is 0 Å². The molecule has 0 aliphatic rings. The molecule has 0 unspecified atom stereocenters. The van der Waals surface area contributed by atoms with Gasteiger partial charge in [-0.2, -0.15) is 0 Å². The molecule has 0 aliphatic heterocycles. The maximum atomic E-state index is 9.14. The molecular weight excluding hydrogens is 214 g/mol. The average Bonchev–Trinajstić information content (AvgIpc) is 2.71. The summed E-state index contributed by atoms with van der Waals surface area (Å²) in [6.45, 7) is 5.72. The first kappa shape index (κ1) is 12.1. The van der Waals surface area contributed by atoms with E-state index in [2.05, 4.69) is 16.8 Å². The Morgan fingerprint density at radius 3 is 2.82 bits per heavy atom. The van der Waals surface area contributed by atoms with Gasteiger partial charge in [-0.15, -0.1) is 0 Å². The molecule has 1 aromatic heterocycles. The van der Waals surface area contributed by atoms with E-state index in [-0.39, 0.29) is 12.7 Å². The van der Waals surface area contributed by atoms with Crippen molar-refractivity contribution in [1.82, 2.24) is 4.57 Å². The van der Waals surface area contributed by atoms with Gasteiger partial charge in [-0.25, -0.2) is 0 Å². The SMILES string of the molecule is CC(C)OCCn1ccc2ccc(CO)cc21. The molecule has 2 aromatic rings. The van der Waals surface area contributed by atoms with Crippen LogP contribution in [0.3, 0.4) is 0 Å². The summed E-state index contributed by atoms with van der Waals surface area (Å²) in [6, 6.07) is 8.12. The first-order chi connectivity index (χ1) is 8.20. The van der Waals surface area contributed by atoms with Gasteiger partial charge in [-0.05, 0) is 36.9 Å². The normalized spacial score (nSPS) is 11.5. The Morgan fingerprint density at radius 1 is 1.29 bits per heavy atom. The molecule has 0 saturated heterocycles. The fourth-order valence-corrected chi connectivity index (χ4v) is 1.91. The van der Waals surface area contributed by atoms with Crippen LogP contribution in [-0.2, 0) is 17.9 Å². The maximum absolute atomic E-state index is 9.14. The van der Waals surface area contributed by atoms with Crippen molar-refractivity contribution in [2.75, 3.05) is 6.61 Å². The Labute approximate surface area is 102 Å². The molecule has 0 amide bonds. The van der Waals surface area contributed by atoms with Crippen LogP contribution in [-0.4, -0.2) is 22.4 Å². The van der Waals surface area contributed by atoms with Gasteiger partial charge in [0.1, 0.15) is 0 Å². The van der Waals surface area contributed by atoms with Crippen LogP contribution in [0.1, 0.15) is 19.4 Å². The summed E-state index contributed by atoms with van der Waals surface area (Å²) in [5.74, 6) is 0. The van der Waals surface area contributed by atoms with Crippen molar-refractivity contribution in [2.24, 2.45) is 0 Å². The lowest BCUT2D eigenvalue weighted by Crippen LogP contribution is -2.09. The molecule has 0 radical (unpaired) electrons. The lowest BCUT2D eigenvalue weighted by molar-refractivity contribution is 0.0733. The second kappa shape index (κ2) is 5.34. The molecule has 0 aliphatic carbocycles. The van der Waals surface area contributed by atoms with Crippen molar-refractivity contribution < 1.29 is 9.84 Å². The molecule has 0 fully saturated rings. The van der Waals surface area contributed by atoms with Gasteiger partial charge in [0.15, 0.2) is 0 Å². The number of hydrogen-bond donors (Lipinski definition) is 1. The van der Waals surface area contributed by atoms with E-state index in [9.17, 15) is 0 Å². The summed E-state index contributed by atoms with van der Waals surface area (Å²) in [5.41, 5.74) is 2.10. The Balaban J connectivity index is 2.16. The highest BCUT2D eigenvalue weighted by molar-refractivity contribution is 5.80. The van der Waals surface area contributed by atoms with Crippen LogP contribution in [0.15, 0.2) is 30.5 Å². The fraction of sp³-hybridized carbons (Fsp3) is 0.429. The van der Waals surface area contributed by atoms with E-state index in [4.69, 9.17) is 9.84 Å². The van der Waals surface area contributed by atoms with E-state index in [1.807, 2.05) is 32.0 Å². The summed E-state index contributed by atoms with van der Waals surface area (Å²) in [7, 11) is 0. The van der Waals surface area contributed by atoms with Crippen molar-refractivity contribution in [2.45, 2.75) is 33.1 Å². The van der Waals surface area contributed by atoms with Crippen molar-refractivity contribution in [3.05, 3.63) is 36.0 Å². The number of benzene rings is 1. The molecule has 3 nitrogen and oxygen atoms in total. The molecule has 1 heterocycles. The van der Waals surface area contributed by atoms with Gasteiger partial charge in [0.25, 0.3) is 0 Å². The average molecular weight is 233 g/mol. The fourth-order valence-electron chi connectivity index (χ4n) is 1.91. The zero-order valence-corrected chi connectivity index (χ0v) is 10.4. The minimum absolute atomic E-state index is 0.0869. The number of fused-ring (bicyclic) bond motifs is 1. The third-order valence-electron chi connectivity index (χ3n) is 2.80. The van der Waals surface area contributed by atoms with Crippen LogP contribution in [0.2, 0.25) is 0 Å². The standard InChI is InChI=1S/C14H19NO2/c1-11(2)17-8-7-15-6-5-13-4-3-12(10-16)9-14(13)15/h3-6,9,11,16H,7-8,10H2,1-2H3. The Kier molecular flexibility index (Phi) is 3.82. The molecule has 17 heavy (non-hydrogen) atoms. The minimum Gasteiger partial charge on any atom is -0.392 e. The summed E-state index contributed by atoms with van der Waals surface area (Å²) in [6.07, 6.45) is 2.33. The number of aliphatic hydroxyl groups excluding tert-OH is 1. The van der Waals surface area contributed by atoms with Crippen molar-refractivity contribution >= 4 is 10.9 Å². The Hall–Kier alpha value is -1.32. The highest BCUT2D eigenvalue weighted by Crippen LogP contribution is 2.17. The van der Waals surface area contributed by atoms with Crippen LogP contribution in [0.25, 0.3) is 10.9 Å². The summed E-state index contributed by atoms with van der Waals surface area (Å²) < 4.78 is 7.71. The number of aliphatic hydroxyl groups is 1. The second-order valence-electron chi connectivity index (χ2n) is 4.48. The molecule has 0 spiro atoms. The lowest BCUT2D eigenvalue weighted by Gasteiger charge is -2.09. The molecular formula is C14H19NO2. The van der Waals surface area contributed by atoms with Crippen LogP contribution in [0.5, 0.6) is 0 Å². The predicted octanol–water partition coefficient (Wildman–Crippen LogP) is 2.56. The minimum atomic E-state index is 0.0869. The van der Waals surface area contributed by atoms with Crippen molar-refractivity contribution in [3.63, 3.8) is 0 Å². The molecule has 2 rings (SSSR count). The first-order valence-electron chi connectivity index (χ1n) is 6.01. The Bertz CT molecular complexity index is 488. The molecule has 0 atom stereocenters. The number of nitrogens with zero attached hydrogens (tertiary/aromatic N) is 1. The molecule has 3 heteroatoms. The molecule has 92 valence electrons. The number of rotatable bonds is 5. The third kappa shape index (κ3) is 2.87. The molecule has 1 aromatic carbocycles. The van der Waals surface area contributed by atoms with Gasteiger partial charge in [0, 0.05) is 18.3 Å². The van der Waals surface area contributed by atoms with E-state index in [1.54, 1.807) is 0 Å². The van der Waals surface area contributed by atoms with E-state index in [0.29, 0.717) is 6.61 Å². The van der Waals surface area contributed by atoms with E-state index in [0.717, 1.165) is 17.6 Å². The van der Waals surface area contributed by atoms with Crippen LogP contribution >= 0.6 is 0 Å². The highest BCUT2D eigenvalue weighted by Gasteiger charge is 2.02. The monoisotopic (exact) mass is 233 g/mol. The Morgan fingerprint density at radius 2 is 2.12 bits per heavy atom. The van der Waals surface area contributed by atoms with Gasteiger partial charge in [-0.3, -0.25) is 0 Å². The maximum Gasteiger partial charge on any atom is 0.0682 e. The lowest BCUT2D eigenvalue weighted by atomic mass is 10.2. The van der Waals surface area contributed by atoms with E-state index >= 15 is 0 Å². The summed E-state index contributed by atoms with van der Waals surface area (Å²) in [5, 5.41) is 10.3. The topological polar surface area (TPSA) is 34.4 Å². The smallest absolute Gasteiger partial charge is 0.0682 e. The van der Waals surface area contributed by atoms with Gasteiger partial charge < -0.3 is 14.4 Å². The zero-order chi connectivity index (χ0) is 12.3. The van der Waals surface area contributed by atoms with Crippen LogP contribution < -0.4 is 0 Å². The number of hydrogen-bond acceptors (Lipinski definition) is 2. The molecule has 1 N–H and O–H groups in total. The largest absolute Gasteiger partial charge is 0.392 e. The number of ether oxygens (including phenoxy) is 1. The first-order valence-corrected chi connectivity index (χ1v) is 6.01. The van der Waals surface area contributed by atoms with Crippen LogP contribution in [0.4, 0.5) is 0 Å². The van der Waals surface area contributed by atoms with E-state index < -0.39 is 0 Å². The highest BCUT2D eigenvalue weighted by atomic mass is 16.5. The second-order valence-corrected chi connectivity index (χ2v) is 4.48. The zero-order valence-electron chi connectivity index (χ0n) is 10.4. The predicted molar refractivity (Wildman–Crippen MR) is 68.9 cm³/mol. The van der Waals surface area contributed by atoms with Crippen LogP contribution in [0, 0.1) is 0 Å². The quantitative estimate of drug-likeness (QED) is 0.861. The van der Waals surface area contributed by atoms with Gasteiger partial charge in [0.05, 0.1) is 19.3 Å². The van der Waals surface area contributed by atoms with Crippen molar-refractivity contribution in [3.8, 4) is 0 Å². The van der Waals surface area contributed by atoms with Gasteiger partial charge in [0.2, 0.25) is 0 Å². The molecule has 0 saturated carbocycles.